The molecule has 4 unspecified atom stereocenters. The monoisotopic (exact) mass is 644 g/mol. The highest BCUT2D eigenvalue weighted by Crippen LogP contribution is 2.19. The Balaban J connectivity index is 1.50. The van der Waals surface area contributed by atoms with E-state index in [2.05, 4.69) is 35.9 Å². The molecule has 0 fully saturated rings. The number of aliphatic carboxylic acids is 1. The molecule has 12 N–H and O–H groups in total. The number of aliphatic imine (C=N–C) groups is 1. The predicted molar refractivity (Wildman–Crippen MR) is 176 cm³/mol. The number of benzene rings is 2. The van der Waals surface area contributed by atoms with Gasteiger partial charge in [0.15, 0.2) is 5.96 Å². The summed E-state index contributed by atoms with van der Waals surface area (Å²) in [5.74, 6) is -3.32. The molecular formula is C32H40N10O5. The maximum absolute atomic E-state index is 13.8. The van der Waals surface area contributed by atoms with E-state index in [1.165, 1.54) is 12.5 Å². The van der Waals surface area contributed by atoms with Crippen molar-refractivity contribution in [3.05, 3.63) is 90.1 Å². The fraction of sp³-hybridized carbons (Fsp3) is 0.312. The molecule has 2 heterocycles. The Morgan fingerprint density at radius 3 is 2.17 bits per heavy atom. The molecule has 0 saturated carbocycles. The third-order valence-electron chi connectivity index (χ3n) is 7.54. The van der Waals surface area contributed by atoms with Crippen LogP contribution >= 0.6 is 0 Å². The van der Waals surface area contributed by atoms with Gasteiger partial charge in [0.25, 0.3) is 0 Å². The molecule has 0 aliphatic carbocycles. The smallest absolute Gasteiger partial charge is 0.326 e. The van der Waals surface area contributed by atoms with Crippen LogP contribution < -0.4 is 33.2 Å². The molecule has 2 aromatic carbocycles. The van der Waals surface area contributed by atoms with Crippen molar-refractivity contribution in [1.29, 1.82) is 0 Å². The zero-order chi connectivity index (χ0) is 33.8. The Kier molecular flexibility index (Phi) is 12.0. The summed E-state index contributed by atoms with van der Waals surface area (Å²) < 4.78 is 0. The lowest BCUT2D eigenvalue weighted by Crippen LogP contribution is -2.58. The maximum atomic E-state index is 13.8. The Morgan fingerprint density at radius 2 is 1.49 bits per heavy atom. The van der Waals surface area contributed by atoms with E-state index in [-0.39, 0.29) is 44.6 Å². The van der Waals surface area contributed by atoms with Crippen molar-refractivity contribution in [3.63, 3.8) is 0 Å². The molecule has 15 nitrogen and oxygen atoms in total. The number of nitrogens with zero attached hydrogens (tertiary/aromatic N) is 2. The highest BCUT2D eigenvalue weighted by Gasteiger charge is 2.31. The van der Waals surface area contributed by atoms with Gasteiger partial charge in [0.05, 0.1) is 12.4 Å². The van der Waals surface area contributed by atoms with E-state index in [0.717, 1.165) is 22.0 Å². The fourth-order valence-corrected chi connectivity index (χ4v) is 5.10. The van der Waals surface area contributed by atoms with Crippen molar-refractivity contribution in [2.45, 2.75) is 56.3 Å². The second-order valence-electron chi connectivity index (χ2n) is 11.1. The number of imidazole rings is 1. The molecule has 4 rings (SSSR count). The largest absolute Gasteiger partial charge is 0.480 e. The number of H-pyrrole nitrogens is 2. The molecule has 0 aliphatic rings. The van der Waals surface area contributed by atoms with E-state index in [1.807, 2.05) is 54.6 Å². The molecule has 248 valence electrons. The molecule has 4 aromatic rings. The van der Waals surface area contributed by atoms with Gasteiger partial charge in [-0.05, 0) is 36.5 Å². The summed E-state index contributed by atoms with van der Waals surface area (Å²) in [5, 5.41) is 18.7. The number of carboxylic acid groups (broad SMARTS) is 1. The Hall–Kier alpha value is -5.70. The van der Waals surface area contributed by atoms with Crippen LogP contribution in [-0.4, -0.2) is 80.4 Å². The van der Waals surface area contributed by atoms with Crippen LogP contribution in [0.25, 0.3) is 10.9 Å². The van der Waals surface area contributed by atoms with Crippen molar-refractivity contribution < 1.29 is 24.3 Å². The number of carbonyl (C=O) groups is 4. The zero-order valence-electron chi connectivity index (χ0n) is 25.7. The first kappa shape index (κ1) is 34.2. The van der Waals surface area contributed by atoms with Crippen molar-refractivity contribution >= 4 is 40.6 Å². The number of aromatic amines is 2. The molecule has 47 heavy (non-hydrogen) atoms. The summed E-state index contributed by atoms with van der Waals surface area (Å²) in [6.07, 6.45) is 5.35. The first-order valence-corrected chi connectivity index (χ1v) is 15.1. The van der Waals surface area contributed by atoms with E-state index in [1.54, 1.807) is 6.20 Å². The van der Waals surface area contributed by atoms with Crippen LogP contribution in [0.4, 0.5) is 0 Å². The van der Waals surface area contributed by atoms with Crippen LogP contribution in [0.1, 0.15) is 29.7 Å². The number of hydrogen-bond acceptors (Lipinski definition) is 7. The van der Waals surface area contributed by atoms with E-state index in [9.17, 15) is 24.3 Å². The van der Waals surface area contributed by atoms with Crippen molar-refractivity contribution in [2.24, 2.45) is 22.2 Å². The summed E-state index contributed by atoms with van der Waals surface area (Å²) in [6.45, 7) is 0.180. The number of hydrogen-bond donors (Lipinski definition) is 9. The van der Waals surface area contributed by atoms with Crippen LogP contribution in [-0.2, 0) is 38.4 Å². The summed E-state index contributed by atoms with van der Waals surface area (Å²) >= 11 is 0. The zero-order valence-corrected chi connectivity index (χ0v) is 25.7. The molecular weight excluding hydrogens is 604 g/mol. The normalized spacial score (nSPS) is 13.6. The van der Waals surface area contributed by atoms with Crippen LogP contribution in [0.2, 0.25) is 0 Å². The number of nitrogens with one attached hydrogen (secondary N) is 5. The number of amides is 3. The van der Waals surface area contributed by atoms with Crippen LogP contribution in [0.3, 0.4) is 0 Å². The number of para-hydroxylation sites is 1. The first-order chi connectivity index (χ1) is 22.6. The predicted octanol–water partition coefficient (Wildman–Crippen LogP) is -0.161. The van der Waals surface area contributed by atoms with Gasteiger partial charge in [-0.1, -0.05) is 48.5 Å². The topological polar surface area (TPSA) is 259 Å². The van der Waals surface area contributed by atoms with Gasteiger partial charge in [-0.3, -0.25) is 19.4 Å². The van der Waals surface area contributed by atoms with Gasteiger partial charge >= 0.3 is 5.97 Å². The second-order valence-corrected chi connectivity index (χ2v) is 11.1. The molecule has 0 aliphatic heterocycles. The Morgan fingerprint density at radius 1 is 0.830 bits per heavy atom. The minimum Gasteiger partial charge on any atom is -0.480 e. The van der Waals surface area contributed by atoms with Gasteiger partial charge in [-0.15, -0.1) is 0 Å². The van der Waals surface area contributed by atoms with Gasteiger partial charge in [0.1, 0.15) is 18.1 Å². The van der Waals surface area contributed by atoms with Gasteiger partial charge in [-0.2, -0.15) is 0 Å². The molecule has 3 amide bonds. The van der Waals surface area contributed by atoms with E-state index in [0.29, 0.717) is 5.69 Å². The molecule has 2 aromatic heterocycles. The molecule has 4 atom stereocenters. The number of aromatic nitrogens is 3. The lowest BCUT2D eigenvalue weighted by atomic mass is 10.0. The summed E-state index contributed by atoms with van der Waals surface area (Å²) in [6, 6.07) is 12.2. The number of carboxylic acids is 1. The third kappa shape index (κ3) is 10.2. The molecule has 0 saturated heterocycles. The fourth-order valence-electron chi connectivity index (χ4n) is 5.10. The van der Waals surface area contributed by atoms with E-state index < -0.39 is 47.9 Å². The van der Waals surface area contributed by atoms with E-state index >= 15 is 0 Å². The number of fused-ring (bicyclic) bond motifs is 1. The highest BCUT2D eigenvalue weighted by atomic mass is 16.4. The number of carbonyl (C=O) groups excluding carboxylic acids is 3. The van der Waals surface area contributed by atoms with Crippen LogP contribution in [0.15, 0.2) is 78.3 Å². The highest BCUT2D eigenvalue weighted by molar-refractivity contribution is 5.94. The summed E-state index contributed by atoms with van der Waals surface area (Å²) in [5.41, 5.74) is 20.0. The van der Waals surface area contributed by atoms with Crippen molar-refractivity contribution in [2.75, 3.05) is 6.54 Å². The molecule has 15 heteroatoms. The standard InChI is InChI=1S/C32H40N10O5/c33-23(14-20-16-38-24-10-5-4-9-22(20)24)28(43)41-26(13-19-7-2-1-3-8-19)29(44)42-27(15-21-17-36-18-39-21)30(45)40-25(31(46)47)11-6-12-37-32(34)35/h1-5,7-10,16-18,23,25-27,38H,6,11-15,33H2,(H,36,39)(H,40,45)(H,41,43)(H,42,44)(H,46,47)(H4,34,35,37). The van der Waals surface area contributed by atoms with Gasteiger partial charge < -0.3 is 48.2 Å². The second kappa shape index (κ2) is 16.6. The summed E-state index contributed by atoms with van der Waals surface area (Å²) in [7, 11) is 0. The van der Waals surface area contributed by atoms with Gasteiger partial charge in [0, 0.05) is 48.4 Å². The van der Waals surface area contributed by atoms with E-state index in [4.69, 9.17) is 17.2 Å². The van der Waals surface area contributed by atoms with Gasteiger partial charge in [0.2, 0.25) is 17.7 Å². The first-order valence-electron chi connectivity index (χ1n) is 15.1. The lowest BCUT2D eigenvalue weighted by molar-refractivity contribution is -0.142. The average molecular weight is 645 g/mol. The minimum absolute atomic E-state index is 0.0238. The van der Waals surface area contributed by atoms with Crippen molar-refractivity contribution in [1.82, 2.24) is 30.9 Å². The van der Waals surface area contributed by atoms with Crippen LogP contribution in [0.5, 0.6) is 0 Å². The molecule has 0 bridgehead atoms. The third-order valence-corrected chi connectivity index (χ3v) is 7.54. The number of rotatable bonds is 17. The number of guanidine groups is 1. The lowest BCUT2D eigenvalue weighted by Gasteiger charge is -2.25. The van der Waals surface area contributed by atoms with Crippen LogP contribution in [0, 0.1) is 0 Å². The van der Waals surface area contributed by atoms with Crippen molar-refractivity contribution in [3.8, 4) is 0 Å². The SMILES string of the molecule is NC(N)=NCCCC(NC(=O)C(Cc1cnc[nH]1)NC(=O)C(Cc1ccccc1)NC(=O)C(N)Cc1c[nH]c2ccccc12)C(=O)O. The Labute approximate surface area is 270 Å². The Bertz CT molecular complexity index is 1670. The minimum atomic E-state index is -1.26. The van der Waals surface area contributed by atoms with Gasteiger partial charge in [-0.25, -0.2) is 9.78 Å². The quantitative estimate of drug-likeness (QED) is 0.0419. The molecule has 0 radical (unpaired) electrons. The number of nitrogens with two attached hydrogens (primary N) is 3. The maximum Gasteiger partial charge on any atom is 0.326 e. The average Bonchev–Trinajstić information content (AvgIpc) is 3.72. The molecule has 0 spiro atoms. The summed E-state index contributed by atoms with van der Waals surface area (Å²) in [4.78, 5) is 66.4.